The number of hydrogen-bond acceptors (Lipinski definition) is 10. The zero-order valence-electron chi connectivity index (χ0n) is 26.5. The fraction of sp³-hybridized carbons (Fsp3) is 0.571. The van der Waals surface area contributed by atoms with E-state index in [2.05, 4.69) is 12.2 Å². The molecular weight excluding hydrogens is 594 g/mol. The first-order valence-corrected chi connectivity index (χ1v) is 15.9. The fourth-order valence-electron chi connectivity index (χ4n) is 8.81. The lowest BCUT2D eigenvalue weighted by atomic mass is 9.46. The summed E-state index contributed by atoms with van der Waals surface area (Å²) >= 11 is 0. The number of carbonyl (C=O) groups excluding carboxylic acids is 5. The van der Waals surface area contributed by atoms with Gasteiger partial charge in [-0.1, -0.05) is 37.6 Å². The SMILES string of the molecule is COC(=O)[C@H](Cc1ccc(O)cc1)NC(=O)CCC(=O)OCC(=O)[C@@]1(O)CC[C@H]2[C@@H]3CCC4=CC(=O)C=C[C@]4(C)[C@H]3[C@@H](O)C[C@@]21C. The van der Waals surface area contributed by atoms with Gasteiger partial charge >= 0.3 is 11.9 Å². The van der Waals surface area contributed by atoms with E-state index in [4.69, 9.17) is 9.47 Å². The third-order valence-electron chi connectivity index (χ3n) is 11.2. The second-order valence-electron chi connectivity index (χ2n) is 13.7. The van der Waals surface area contributed by atoms with Crippen molar-refractivity contribution in [1.82, 2.24) is 5.32 Å². The summed E-state index contributed by atoms with van der Waals surface area (Å²) < 4.78 is 10.00. The molecule has 1 aromatic carbocycles. The molecular formula is C35H43NO10. The number of esters is 2. The van der Waals surface area contributed by atoms with Crippen LogP contribution in [0, 0.1) is 28.6 Å². The van der Waals surface area contributed by atoms with E-state index in [1.165, 1.54) is 19.2 Å². The van der Waals surface area contributed by atoms with E-state index in [0.717, 1.165) is 12.0 Å². The molecule has 4 aliphatic carbocycles. The maximum Gasteiger partial charge on any atom is 0.328 e. The second-order valence-corrected chi connectivity index (χ2v) is 13.7. The third kappa shape index (κ3) is 6.02. The van der Waals surface area contributed by atoms with Gasteiger partial charge < -0.3 is 30.1 Å². The number of aromatic hydroxyl groups is 1. The zero-order chi connectivity index (χ0) is 33.4. The van der Waals surface area contributed by atoms with Crippen molar-refractivity contribution in [1.29, 1.82) is 0 Å². The molecule has 46 heavy (non-hydrogen) atoms. The van der Waals surface area contributed by atoms with Crippen molar-refractivity contribution in [2.24, 2.45) is 28.6 Å². The van der Waals surface area contributed by atoms with Crippen molar-refractivity contribution in [2.75, 3.05) is 13.7 Å². The van der Waals surface area contributed by atoms with Crippen LogP contribution in [0.2, 0.25) is 0 Å². The Kier molecular flexibility index (Phi) is 9.30. The van der Waals surface area contributed by atoms with Gasteiger partial charge in [-0.05, 0) is 73.8 Å². The molecule has 4 N–H and O–H groups in total. The van der Waals surface area contributed by atoms with E-state index < -0.39 is 58.8 Å². The van der Waals surface area contributed by atoms with Gasteiger partial charge in [-0.2, -0.15) is 0 Å². The molecule has 0 saturated heterocycles. The summed E-state index contributed by atoms with van der Waals surface area (Å²) in [7, 11) is 1.19. The molecule has 0 bridgehead atoms. The van der Waals surface area contributed by atoms with Gasteiger partial charge in [-0.3, -0.25) is 19.2 Å². The Labute approximate surface area is 268 Å². The van der Waals surface area contributed by atoms with Crippen molar-refractivity contribution in [3.05, 3.63) is 53.6 Å². The van der Waals surface area contributed by atoms with Crippen molar-refractivity contribution >= 4 is 29.4 Å². The molecule has 8 atom stereocenters. The summed E-state index contributed by atoms with van der Waals surface area (Å²) in [5.41, 5.74) is -1.49. The van der Waals surface area contributed by atoms with Gasteiger partial charge in [0.25, 0.3) is 0 Å². The highest BCUT2D eigenvalue weighted by Crippen LogP contribution is 2.67. The minimum absolute atomic E-state index is 0.0389. The number of hydrogen-bond donors (Lipinski definition) is 4. The molecule has 0 spiro atoms. The van der Waals surface area contributed by atoms with Gasteiger partial charge in [0.05, 0.1) is 19.6 Å². The number of aliphatic hydroxyl groups is 2. The summed E-state index contributed by atoms with van der Waals surface area (Å²) in [6.07, 6.45) is 6.24. The lowest BCUT2D eigenvalue weighted by molar-refractivity contribution is -0.181. The Morgan fingerprint density at radius 1 is 1.09 bits per heavy atom. The number of carbonyl (C=O) groups is 5. The van der Waals surface area contributed by atoms with E-state index in [9.17, 15) is 39.3 Å². The molecule has 0 aliphatic heterocycles. The number of ether oxygens (including phenoxy) is 2. The number of benzene rings is 1. The lowest BCUT2D eigenvalue weighted by Crippen LogP contribution is -2.61. The van der Waals surface area contributed by atoms with Gasteiger partial charge in [0.1, 0.15) is 17.4 Å². The molecule has 4 aliphatic rings. The summed E-state index contributed by atoms with van der Waals surface area (Å²) in [5, 5.41) is 35.4. The topological polar surface area (TPSA) is 177 Å². The highest BCUT2D eigenvalue weighted by Gasteiger charge is 2.68. The van der Waals surface area contributed by atoms with Gasteiger partial charge in [0, 0.05) is 29.6 Å². The fourth-order valence-corrected chi connectivity index (χ4v) is 8.81. The number of methoxy groups -OCH3 is 1. The summed E-state index contributed by atoms with van der Waals surface area (Å²) in [5.74, 6) is -2.83. The number of allylic oxidation sites excluding steroid dienone is 4. The predicted molar refractivity (Wildman–Crippen MR) is 164 cm³/mol. The molecule has 3 saturated carbocycles. The first-order chi connectivity index (χ1) is 21.7. The van der Waals surface area contributed by atoms with E-state index >= 15 is 0 Å². The van der Waals surface area contributed by atoms with Crippen LogP contribution in [0.3, 0.4) is 0 Å². The molecule has 5 rings (SSSR count). The van der Waals surface area contributed by atoms with Crippen LogP contribution in [0.25, 0.3) is 0 Å². The van der Waals surface area contributed by atoms with Crippen LogP contribution in [-0.4, -0.2) is 76.2 Å². The molecule has 0 aromatic heterocycles. The van der Waals surface area contributed by atoms with E-state index in [-0.39, 0.29) is 61.4 Å². The molecule has 1 amide bonds. The quantitative estimate of drug-likeness (QED) is 0.279. The summed E-state index contributed by atoms with van der Waals surface area (Å²) in [6, 6.07) is 5.12. The largest absolute Gasteiger partial charge is 0.508 e. The maximum atomic E-state index is 13.5. The van der Waals surface area contributed by atoms with Crippen LogP contribution >= 0.6 is 0 Å². The van der Waals surface area contributed by atoms with Crippen molar-refractivity contribution in [3.8, 4) is 5.75 Å². The van der Waals surface area contributed by atoms with Crippen molar-refractivity contribution < 1.29 is 48.8 Å². The Morgan fingerprint density at radius 2 is 1.80 bits per heavy atom. The standard InChI is InChI=1S/C35H43NO10/c1-33-14-12-23(38)17-21(33)6-9-24-25-13-15-35(44,34(25,2)18-27(39)31(24)33)28(40)19-46-30(42)11-10-29(41)36-26(32(43)45-3)16-20-4-7-22(37)8-5-20/h4-5,7-8,12,14,17,24-27,31,37,39,44H,6,9-11,13,15-16,18-19H2,1-3H3,(H,36,41)/t24-,25-,26-,27-,31+,33-,34-,35-/m0/s1. The van der Waals surface area contributed by atoms with E-state index in [0.29, 0.717) is 18.4 Å². The number of phenols is 1. The van der Waals surface area contributed by atoms with Gasteiger partial charge in [0.2, 0.25) is 11.7 Å². The number of rotatable bonds is 10. The normalized spacial score (nSPS) is 33.5. The third-order valence-corrected chi connectivity index (χ3v) is 11.2. The lowest BCUT2D eigenvalue weighted by Gasteiger charge is -2.59. The van der Waals surface area contributed by atoms with Gasteiger partial charge in [-0.15, -0.1) is 0 Å². The molecule has 248 valence electrons. The minimum atomic E-state index is -1.79. The highest BCUT2D eigenvalue weighted by molar-refractivity contribution is 6.01. The summed E-state index contributed by atoms with van der Waals surface area (Å²) in [4.78, 5) is 62.9. The molecule has 1 aromatic rings. The molecule has 0 radical (unpaired) electrons. The number of phenolic OH excluding ortho intramolecular Hbond substituents is 1. The average Bonchev–Trinajstić information content (AvgIpc) is 3.29. The minimum Gasteiger partial charge on any atom is -0.508 e. The number of ketones is 2. The molecule has 0 unspecified atom stereocenters. The van der Waals surface area contributed by atoms with Crippen LogP contribution in [-0.2, 0) is 39.9 Å². The Hall–Kier alpha value is -3.83. The molecule has 11 heteroatoms. The predicted octanol–water partition coefficient (Wildman–Crippen LogP) is 2.49. The van der Waals surface area contributed by atoms with Crippen LogP contribution in [0.1, 0.15) is 64.4 Å². The second kappa shape index (κ2) is 12.8. The smallest absolute Gasteiger partial charge is 0.328 e. The van der Waals surface area contributed by atoms with Crippen LogP contribution in [0.4, 0.5) is 0 Å². The van der Waals surface area contributed by atoms with E-state index in [1.807, 2.05) is 13.0 Å². The van der Waals surface area contributed by atoms with Gasteiger partial charge in [-0.25, -0.2) is 4.79 Å². The van der Waals surface area contributed by atoms with Crippen LogP contribution in [0.15, 0.2) is 48.1 Å². The Morgan fingerprint density at radius 3 is 2.50 bits per heavy atom. The van der Waals surface area contributed by atoms with E-state index in [1.54, 1.807) is 24.3 Å². The number of amides is 1. The van der Waals surface area contributed by atoms with Crippen LogP contribution in [0.5, 0.6) is 5.75 Å². The van der Waals surface area contributed by atoms with Crippen LogP contribution < -0.4 is 5.32 Å². The summed E-state index contributed by atoms with van der Waals surface area (Å²) in [6.45, 7) is 3.24. The number of Topliss-reactive ketones (excluding diaryl/α,β-unsaturated/α-hetero) is 1. The maximum absolute atomic E-state index is 13.5. The highest BCUT2D eigenvalue weighted by atomic mass is 16.5. The zero-order valence-corrected chi connectivity index (χ0v) is 26.5. The number of fused-ring (bicyclic) bond motifs is 5. The number of nitrogens with one attached hydrogen (secondary N) is 1. The molecule has 0 heterocycles. The number of aliphatic hydroxyl groups excluding tert-OH is 1. The van der Waals surface area contributed by atoms with Crippen molar-refractivity contribution in [3.63, 3.8) is 0 Å². The Balaban J connectivity index is 1.16. The first kappa shape index (κ1) is 33.5. The first-order valence-electron chi connectivity index (χ1n) is 15.9. The molecule has 3 fully saturated rings. The Bertz CT molecular complexity index is 1470. The van der Waals surface area contributed by atoms with Gasteiger partial charge in [0.15, 0.2) is 12.4 Å². The average molecular weight is 638 g/mol. The van der Waals surface area contributed by atoms with Crippen molar-refractivity contribution in [2.45, 2.75) is 83.0 Å². The monoisotopic (exact) mass is 637 g/mol. The molecule has 11 nitrogen and oxygen atoms in total.